The molecule has 0 bridgehead atoms. The molecule has 0 atom stereocenters. The van der Waals surface area contributed by atoms with E-state index in [0.29, 0.717) is 23.0 Å². The molecular weight excluding hydrogens is 296 g/mol. The Labute approximate surface area is 132 Å². The van der Waals surface area contributed by atoms with Crippen molar-refractivity contribution in [2.75, 3.05) is 5.32 Å². The topological polar surface area (TPSA) is 98.7 Å². The number of aryl methyl sites for hydroxylation is 1. The van der Waals surface area contributed by atoms with Crippen LogP contribution in [0.5, 0.6) is 0 Å². The van der Waals surface area contributed by atoms with Gasteiger partial charge in [-0.25, -0.2) is 4.68 Å². The molecule has 2 heterocycles. The molecule has 3 rings (SSSR count). The number of rotatable bonds is 4. The summed E-state index contributed by atoms with van der Waals surface area (Å²) in [5, 5.41) is 18.1. The minimum Gasteiger partial charge on any atom is -0.360 e. The van der Waals surface area contributed by atoms with Crippen molar-refractivity contribution in [1.82, 2.24) is 25.4 Å². The van der Waals surface area contributed by atoms with Gasteiger partial charge in [-0.2, -0.15) is 0 Å². The molecule has 1 aromatic carbocycles. The molecule has 0 fully saturated rings. The summed E-state index contributed by atoms with van der Waals surface area (Å²) < 4.78 is 6.64. The predicted octanol–water partition coefficient (Wildman–Crippen LogP) is 2.47. The molecule has 0 spiro atoms. The Hall–Kier alpha value is -3.03. The van der Waals surface area contributed by atoms with E-state index in [2.05, 4.69) is 26.0 Å². The number of carbonyl (C=O) groups excluding carboxylic acids is 1. The molecule has 1 amide bonds. The fraction of sp³-hybridized carbons (Fsp3) is 0.267. The first-order valence-electron chi connectivity index (χ1n) is 7.17. The Kier molecular flexibility index (Phi) is 3.88. The first-order chi connectivity index (χ1) is 11.0. The van der Waals surface area contributed by atoms with Gasteiger partial charge in [0.1, 0.15) is 5.76 Å². The molecule has 2 aromatic heterocycles. The van der Waals surface area contributed by atoms with E-state index in [-0.39, 0.29) is 11.9 Å². The van der Waals surface area contributed by atoms with Gasteiger partial charge < -0.3 is 9.84 Å². The second-order valence-electron chi connectivity index (χ2n) is 5.40. The summed E-state index contributed by atoms with van der Waals surface area (Å²) in [5.41, 5.74) is 1.26. The van der Waals surface area contributed by atoms with Crippen LogP contribution in [0.3, 0.4) is 0 Å². The highest BCUT2D eigenvalue weighted by Gasteiger charge is 2.14. The van der Waals surface area contributed by atoms with Crippen LogP contribution in [0.15, 0.2) is 34.9 Å². The Morgan fingerprint density at radius 2 is 2.13 bits per heavy atom. The van der Waals surface area contributed by atoms with E-state index < -0.39 is 0 Å². The summed E-state index contributed by atoms with van der Waals surface area (Å²) >= 11 is 0. The molecule has 8 heteroatoms. The van der Waals surface area contributed by atoms with Crippen molar-refractivity contribution < 1.29 is 9.32 Å². The largest absolute Gasteiger partial charge is 0.360 e. The highest BCUT2D eigenvalue weighted by Crippen LogP contribution is 2.20. The lowest BCUT2D eigenvalue weighted by Gasteiger charge is -2.08. The summed E-state index contributed by atoms with van der Waals surface area (Å²) in [4.78, 5) is 12.3. The predicted molar refractivity (Wildman–Crippen MR) is 82.8 cm³/mol. The van der Waals surface area contributed by atoms with Crippen molar-refractivity contribution in [1.29, 1.82) is 0 Å². The van der Waals surface area contributed by atoms with Gasteiger partial charge in [-0.05, 0) is 43.3 Å². The molecule has 23 heavy (non-hydrogen) atoms. The van der Waals surface area contributed by atoms with Gasteiger partial charge >= 0.3 is 0 Å². The van der Waals surface area contributed by atoms with Crippen molar-refractivity contribution in [2.45, 2.75) is 26.8 Å². The second kappa shape index (κ2) is 5.99. The number of anilines is 1. The number of aromatic nitrogens is 5. The highest BCUT2D eigenvalue weighted by molar-refractivity contribution is 6.04. The summed E-state index contributed by atoms with van der Waals surface area (Å²) in [6.07, 6.45) is 0. The molecule has 3 aromatic rings. The number of amides is 1. The van der Waals surface area contributed by atoms with Gasteiger partial charge in [0.25, 0.3) is 5.91 Å². The first kappa shape index (κ1) is 14.9. The van der Waals surface area contributed by atoms with Gasteiger partial charge in [0, 0.05) is 17.2 Å². The Morgan fingerprint density at radius 3 is 2.83 bits per heavy atom. The molecule has 1 N–H and O–H groups in total. The number of hydrogen-bond donors (Lipinski definition) is 1. The van der Waals surface area contributed by atoms with E-state index in [9.17, 15) is 4.79 Å². The van der Waals surface area contributed by atoms with Crippen LogP contribution in [0, 0.1) is 6.92 Å². The smallest absolute Gasteiger partial charge is 0.256 e. The maximum atomic E-state index is 12.3. The quantitative estimate of drug-likeness (QED) is 0.794. The first-order valence-corrected chi connectivity index (χ1v) is 7.17. The molecule has 0 radical (unpaired) electrons. The van der Waals surface area contributed by atoms with E-state index in [1.54, 1.807) is 35.9 Å². The monoisotopic (exact) mass is 312 g/mol. The van der Waals surface area contributed by atoms with Crippen LogP contribution in [-0.2, 0) is 0 Å². The van der Waals surface area contributed by atoms with Crippen LogP contribution in [-0.4, -0.2) is 31.3 Å². The van der Waals surface area contributed by atoms with Gasteiger partial charge in [0.05, 0.1) is 6.04 Å². The Bertz CT molecular complexity index is 836. The standard InChI is InChI=1S/C15H16N6O2/c1-9(2)21-14(17-19-20-21)11-5-4-6-12(8-11)15(22)16-13-7-10(3)23-18-13/h4-9H,1-3H3,(H,16,18,22). The van der Waals surface area contributed by atoms with Gasteiger partial charge in [0.15, 0.2) is 11.6 Å². The third-order valence-electron chi connectivity index (χ3n) is 3.23. The normalized spacial score (nSPS) is 11.0. The zero-order chi connectivity index (χ0) is 16.4. The second-order valence-corrected chi connectivity index (χ2v) is 5.40. The van der Waals surface area contributed by atoms with Crippen LogP contribution in [0.4, 0.5) is 5.82 Å². The fourth-order valence-electron chi connectivity index (χ4n) is 2.14. The lowest BCUT2D eigenvalue weighted by Crippen LogP contribution is -2.12. The summed E-state index contributed by atoms with van der Waals surface area (Å²) in [5.74, 6) is 1.35. The van der Waals surface area contributed by atoms with Gasteiger partial charge in [-0.3, -0.25) is 4.79 Å². The molecule has 0 saturated heterocycles. The average Bonchev–Trinajstić information content (AvgIpc) is 3.16. The number of nitrogens with one attached hydrogen (secondary N) is 1. The summed E-state index contributed by atoms with van der Waals surface area (Å²) in [6.45, 7) is 5.74. The number of benzene rings is 1. The van der Waals surface area contributed by atoms with Crippen molar-refractivity contribution in [2.24, 2.45) is 0 Å². The van der Waals surface area contributed by atoms with E-state index in [1.165, 1.54) is 0 Å². The highest BCUT2D eigenvalue weighted by atomic mass is 16.5. The van der Waals surface area contributed by atoms with E-state index in [0.717, 1.165) is 5.56 Å². The molecule has 0 saturated carbocycles. The van der Waals surface area contributed by atoms with Crippen LogP contribution >= 0.6 is 0 Å². The minimum atomic E-state index is -0.274. The van der Waals surface area contributed by atoms with Crippen LogP contribution in [0.25, 0.3) is 11.4 Å². The van der Waals surface area contributed by atoms with E-state index in [4.69, 9.17) is 4.52 Å². The molecule has 0 unspecified atom stereocenters. The average molecular weight is 312 g/mol. The van der Waals surface area contributed by atoms with E-state index >= 15 is 0 Å². The lowest BCUT2D eigenvalue weighted by molar-refractivity contribution is 0.102. The number of nitrogens with zero attached hydrogens (tertiary/aromatic N) is 5. The van der Waals surface area contributed by atoms with Crippen LogP contribution in [0.1, 0.15) is 36.0 Å². The van der Waals surface area contributed by atoms with Gasteiger partial charge in [0.2, 0.25) is 0 Å². The maximum Gasteiger partial charge on any atom is 0.256 e. The Morgan fingerprint density at radius 1 is 1.30 bits per heavy atom. The van der Waals surface area contributed by atoms with Crippen LogP contribution in [0.2, 0.25) is 0 Å². The number of carbonyl (C=O) groups is 1. The third-order valence-corrected chi connectivity index (χ3v) is 3.23. The van der Waals surface area contributed by atoms with Crippen molar-refractivity contribution >= 4 is 11.7 Å². The van der Waals surface area contributed by atoms with Gasteiger partial charge in [-0.1, -0.05) is 17.3 Å². The summed E-state index contributed by atoms with van der Waals surface area (Å²) in [6, 6.07) is 8.89. The lowest BCUT2D eigenvalue weighted by atomic mass is 10.1. The molecule has 8 nitrogen and oxygen atoms in total. The third kappa shape index (κ3) is 3.10. The van der Waals surface area contributed by atoms with Crippen LogP contribution < -0.4 is 5.32 Å². The zero-order valence-corrected chi connectivity index (χ0v) is 13.0. The summed E-state index contributed by atoms with van der Waals surface area (Å²) in [7, 11) is 0. The van der Waals surface area contributed by atoms with E-state index in [1.807, 2.05) is 19.9 Å². The maximum absolute atomic E-state index is 12.3. The molecule has 0 aliphatic rings. The fourth-order valence-corrected chi connectivity index (χ4v) is 2.14. The Balaban J connectivity index is 1.87. The zero-order valence-electron chi connectivity index (χ0n) is 13.0. The van der Waals surface area contributed by atoms with Crippen molar-refractivity contribution in [3.8, 4) is 11.4 Å². The SMILES string of the molecule is Cc1cc(NC(=O)c2cccc(-c3nnnn3C(C)C)c2)no1. The van der Waals surface area contributed by atoms with Crippen molar-refractivity contribution in [3.05, 3.63) is 41.7 Å². The number of tetrazole rings is 1. The molecule has 0 aliphatic heterocycles. The number of hydrogen-bond acceptors (Lipinski definition) is 6. The molecular formula is C15H16N6O2. The molecule has 118 valence electrons. The van der Waals surface area contributed by atoms with Crippen molar-refractivity contribution in [3.63, 3.8) is 0 Å². The molecule has 0 aliphatic carbocycles. The minimum absolute atomic E-state index is 0.121. The van der Waals surface area contributed by atoms with Gasteiger partial charge in [-0.15, -0.1) is 5.10 Å².